The van der Waals surface area contributed by atoms with Crippen LogP contribution in [0.25, 0.3) is 0 Å². The van der Waals surface area contributed by atoms with Gasteiger partial charge in [0.15, 0.2) is 0 Å². The fourth-order valence-electron chi connectivity index (χ4n) is 2.45. The van der Waals surface area contributed by atoms with Gasteiger partial charge >= 0.3 is 6.03 Å². The van der Waals surface area contributed by atoms with Crippen LogP contribution >= 0.6 is 0 Å². The Kier molecular flexibility index (Phi) is 3.88. The minimum Gasteiger partial charge on any atom is -0.320 e. The number of carbonyl (C=O) groups excluding carboxylic acids is 2. The summed E-state index contributed by atoms with van der Waals surface area (Å²) in [6.07, 6.45) is 0.377. The van der Waals surface area contributed by atoms with Crippen molar-refractivity contribution in [2.45, 2.75) is 33.2 Å². The van der Waals surface area contributed by atoms with E-state index in [0.717, 1.165) is 17.8 Å². The Morgan fingerprint density at radius 2 is 1.95 bits per heavy atom. The highest BCUT2D eigenvalue weighted by Crippen LogP contribution is 2.26. The largest absolute Gasteiger partial charge is 0.324 e. The molecule has 2 amide bonds. The van der Waals surface area contributed by atoms with Gasteiger partial charge in [-0.25, -0.2) is 4.79 Å². The number of urea groups is 1. The van der Waals surface area contributed by atoms with Crippen molar-refractivity contribution in [1.82, 2.24) is 4.90 Å². The lowest BCUT2D eigenvalue weighted by Crippen LogP contribution is -2.36. The number of benzene rings is 1. The molecule has 4 heteroatoms. The van der Waals surface area contributed by atoms with E-state index in [4.69, 9.17) is 0 Å². The van der Waals surface area contributed by atoms with E-state index in [1.807, 2.05) is 43.0 Å². The van der Waals surface area contributed by atoms with Crippen LogP contribution in [0.4, 0.5) is 10.5 Å². The molecule has 1 aliphatic rings. The number of amides is 2. The third kappa shape index (κ3) is 2.78. The second kappa shape index (κ2) is 5.43. The van der Waals surface area contributed by atoms with Gasteiger partial charge in [0.25, 0.3) is 0 Å². The van der Waals surface area contributed by atoms with Gasteiger partial charge in [-0.05, 0) is 32.4 Å². The molecule has 19 heavy (non-hydrogen) atoms. The first kappa shape index (κ1) is 13.6. The van der Waals surface area contributed by atoms with Gasteiger partial charge in [-0.1, -0.05) is 18.2 Å². The molecule has 1 aromatic carbocycles. The van der Waals surface area contributed by atoms with E-state index in [1.54, 1.807) is 11.8 Å². The van der Waals surface area contributed by atoms with Crippen molar-refractivity contribution in [2.24, 2.45) is 0 Å². The molecule has 0 aliphatic carbocycles. The summed E-state index contributed by atoms with van der Waals surface area (Å²) in [7, 11) is 0. The number of ketones is 1. The van der Waals surface area contributed by atoms with E-state index in [-0.39, 0.29) is 17.9 Å². The first-order valence-corrected chi connectivity index (χ1v) is 6.66. The number of hydrogen-bond acceptors (Lipinski definition) is 2. The topological polar surface area (TPSA) is 40.6 Å². The molecule has 4 nitrogen and oxygen atoms in total. The average molecular weight is 260 g/mol. The van der Waals surface area contributed by atoms with Crippen LogP contribution in [-0.4, -0.2) is 35.8 Å². The van der Waals surface area contributed by atoms with Crippen molar-refractivity contribution in [1.29, 1.82) is 0 Å². The highest BCUT2D eigenvalue weighted by Gasteiger charge is 2.32. The predicted molar refractivity (Wildman–Crippen MR) is 75.4 cm³/mol. The third-order valence-electron chi connectivity index (χ3n) is 3.39. The van der Waals surface area contributed by atoms with E-state index in [0.29, 0.717) is 13.0 Å². The maximum Gasteiger partial charge on any atom is 0.324 e. The number of hydrogen-bond donors (Lipinski definition) is 0. The summed E-state index contributed by atoms with van der Waals surface area (Å²) in [4.78, 5) is 27.3. The molecule has 0 atom stereocenters. The quantitative estimate of drug-likeness (QED) is 0.834. The molecule has 0 saturated carbocycles. The number of carbonyl (C=O) groups is 2. The van der Waals surface area contributed by atoms with E-state index in [1.165, 1.54) is 0 Å². The molecule has 1 saturated heterocycles. The second-order valence-corrected chi connectivity index (χ2v) is 5.23. The summed E-state index contributed by atoms with van der Waals surface area (Å²) in [5, 5.41) is 0. The van der Waals surface area contributed by atoms with Crippen LogP contribution in [-0.2, 0) is 11.2 Å². The Morgan fingerprint density at radius 3 is 2.53 bits per heavy atom. The van der Waals surface area contributed by atoms with Crippen LogP contribution in [0.5, 0.6) is 0 Å². The Labute approximate surface area is 114 Å². The third-order valence-corrected chi connectivity index (χ3v) is 3.39. The van der Waals surface area contributed by atoms with Gasteiger partial charge < -0.3 is 4.90 Å². The maximum atomic E-state index is 12.4. The minimum atomic E-state index is 0.0333. The van der Waals surface area contributed by atoms with Gasteiger partial charge in [0.1, 0.15) is 5.78 Å². The Morgan fingerprint density at radius 1 is 1.26 bits per heavy atom. The zero-order chi connectivity index (χ0) is 14.0. The molecular formula is C15H20N2O2. The van der Waals surface area contributed by atoms with Gasteiger partial charge in [0.2, 0.25) is 0 Å². The van der Waals surface area contributed by atoms with Gasteiger partial charge in [-0.3, -0.25) is 9.69 Å². The van der Waals surface area contributed by atoms with E-state index >= 15 is 0 Å². The molecule has 1 heterocycles. The highest BCUT2D eigenvalue weighted by molar-refractivity contribution is 5.96. The molecule has 0 bridgehead atoms. The lowest BCUT2D eigenvalue weighted by atomic mass is 10.1. The standard InChI is InChI=1S/C15H20N2O2/c1-11(2)16-8-9-17(15(16)19)14-7-5-4-6-13(14)10-12(3)18/h4-7,11H,8-10H2,1-3H3. The molecule has 0 radical (unpaired) electrons. The average Bonchev–Trinajstić information content (AvgIpc) is 2.71. The fourth-order valence-corrected chi connectivity index (χ4v) is 2.45. The Bertz CT molecular complexity index is 497. The van der Waals surface area contributed by atoms with Gasteiger partial charge in [-0.2, -0.15) is 0 Å². The molecular weight excluding hydrogens is 240 g/mol. The van der Waals surface area contributed by atoms with Crippen LogP contribution in [0.1, 0.15) is 26.3 Å². The number of para-hydroxylation sites is 1. The number of nitrogens with zero attached hydrogens (tertiary/aromatic N) is 2. The molecule has 102 valence electrons. The SMILES string of the molecule is CC(=O)Cc1ccccc1N1CCN(C(C)C)C1=O. The summed E-state index contributed by atoms with van der Waals surface area (Å²) in [6, 6.07) is 7.89. The zero-order valence-electron chi connectivity index (χ0n) is 11.7. The maximum absolute atomic E-state index is 12.4. The summed E-state index contributed by atoms with van der Waals surface area (Å²) in [5.41, 5.74) is 1.79. The number of anilines is 1. The van der Waals surface area contributed by atoms with Gasteiger partial charge in [-0.15, -0.1) is 0 Å². The smallest absolute Gasteiger partial charge is 0.320 e. The fraction of sp³-hybridized carbons (Fsp3) is 0.467. The van der Waals surface area contributed by atoms with Crippen LogP contribution in [0.15, 0.2) is 24.3 Å². The summed E-state index contributed by atoms with van der Waals surface area (Å²) in [5.74, 6) is 0.111. The zero-order valence-corrected chi connectivity index (χ0v) is 11.7. The molecule has 0 unspecified atom stereocenters. The first-order chi connectivity index (χ1) is 9.00. The molecule has 0 N–H and O–H groups in total. The van der Waals surface area contributed by atoms with E-state index < -0.39 is 0 Å². The van der Waals surface area contributed by atoms with Crippen molar-refractivity contribution in [3.63, 3.8) is 0 Å². The predicted octanol–water partition coefficient (Wildman–Crippen LogP) is 2.47. The van der Waals surface area contributed by atoms with Gasteiger partial charge in [0.05, 0.1) is 0 Å². The van der Waals surface area contributed by atoms with Crippen molar-refractivity contribution >= 4 is 17.5 Å². The van der Waals surface area contributed by atoms with Crippen LogP contribution < -0.4 is 4.90 Å². The lowest BCUT2D eigenvalue weighted by Gasteiger charge is -2.23. The van der Waals surface area contributed by atoms with E-state index in [2.05, 4.69) is 0 Å². The van der Waals surface area contributed by atoms with Crippen molar-refractivity contribution < 1.29 is 9.59 Å². The second-order valence-electron chi connectivity index (χ2n) is 5.23. The van der Waals surface area contributed by atoms with Crippen LogP contribution in [0.2, 0.25) is 0 Å². The van der Waals surface area contributed by atoms with Crippen LogP contribution in [0, 0.1) is 0 Å². The number of Topliss-reactive ketones (excluding diaryl/α,β-unsaturated/α-hetero) is 1. The van der Waals surface area contributed by atoms with Crippen molar-refractivity contribution in [2.75, 3.05) is 18.0 Å². The monoisotopic (exact) mass is 260 g/mol. The molecule has 2 rings (SSSR count). The molecule has 1 aliphatic heterocycles. The molecule has 0 aromatic heterocycles. The molecule has 1 aromatic rings. The first-order valence-electron chi connectivity index (χ1n) is 6.66. The van der Waals surface area contributed by atoms with Crippen LogP contribution in [0.3, 0.4) is 0 Å². The van der Waals surface area contributed by atoms with Gasteiger partial charge in [0, 0.05) is 31.2 Å². The lowest BCUT2D eigenvalue weighted by molar-refractivity contribution is -0.116. The highest BCUT2D eigenvalue weighted by atomic mass is 16.2. The Hall–Kier alpha value is -1.84. The summed E-state index contributed by atoms with van der Waals surface area (Å²) in [6.45, 7) is 7.03. The number of rotatable bonds is 4. The summed E-state index contributed by atoms with van der Waals surface area (Å²) < 4.78 is 0. The minimum absolute atomic E-state index is 0.0333. The summed E-state index contributed by atoms with van der Waals surface area (Å²) >= 11 is 0. The molecule has 0 spiro atoms. The Balaban J connectivity index is 2.28. The molecule has 1 fully saturated rings. The van der Waals surface area contributed by atoms with Crippen molar-refractivity contribution in [3.8, 4) is 0 Å². The normalized spacial score (nSPS) is 15.5. The van der Waals surface area contributed by atoms with Crippen molar-refractivity contribution in [3.05, 3.63) is 29.8 Å². The van der Waals surface area contributed by atoms with E-state index in [9.17, 15) is 9.59 Å².